The molecular formula is C13H25NO2. The largest absolute Gasteiger partial charge is 0.460 e. The molecule has 1 N–H and O–H groups in total. The molecule has 1 fully saturated rings. The van der Waals surface area contributed by atoms with Gasteiger partial charge < -0.3 is 10.1 Å². The van der Waals surface area contributed by atoms with Crippen molar-refractivity contribution in [1.29, 1.82) is 0 Å². The lowest BCUT2D eigenvalue weighted by molar-refractivity contribution is -0.157. The van der Waals surface area contributed by atoms with Gasteiger partial charge in [-0.3, -0.25) is 4.79 Å². The van der Waals surface area contributed by atoms with Gasteiger partial charge in [0.15, 0.2) is 0 Å². The standard InChI is InChI=1S/C13H25NO2/c1-12(2,3)16-11(15)8-10-6-7-14-9-13(10,4)5/h10,14H,6-9H2,1-5H3. The van der Waals surface area contributed by atoms with Gasteiger partial charge in [0.2, 0.25) is 0 Å². The van der Waals surface area contributed by atoms with Crippen molar-refractivity contribution in [2.24, 2.45) is 11.3 Å². The van der Waals surface area contributed by atoms with Gasteiger partial charge in [0, 0.05) is 13.0 Å². The van der Waals surface area contributed by atoms with Gasteiger partial charge in [-0.05, 0) is 45.1 Å². The summed E-state index contributed by atoms with van der Waals surface area (Å²) in [5.41, 5.74) is -0.177. The number of hydrogen-bond donors (Lipinski definition) is 1. The molecule has 3 heteroatoms. The van der Waals surface area contributed by atoms with Crippen LogP contribution >= 0.6 is 0 Å². The Bertz CT molecular complexity index is 253. The topological polar surface area (TPSA) is 38.3 Å². The van der Waals surface area contributed by atoms with E-state index in [4.69, 9.17) is 4.74 Å². The van der Waals surface area contributed by atoms with E-state index in [1.165, 1.54) is 0 Å². The summed E-state index contributed by atoms with van der Waals surface area (Å²) in [7, 11) is 0. The summed E-state index contributed by atoms with van der Waals surface area (Å²) in [4.78, 5) is 11.8. The highest BCUT2D eigenvalue weighted by Crippen LogP contribution is 2.34. The van der Waals surface area contributed by atoms with Crippen molar-refractivity contribution in [3.8, 4) is 0 Å². The Balaban J connectivity index is 2.49. The molecule has 1 saturated heterocycles. The zero-order chi connectivity index (χ0) is 12.4. The minimum atomic E-state index is -0.367. The first-order valence-corrected chi connectivity index (χ1v) is 6.13. The summed E-state index contributed by atoms with van der Waals surface area (Å²) < 4.78 is 5.37. The lowest BCUT2D eigenvalue weighted by atomic mass is 9.73. The van der Waals surface area contributed by atoms with Gasteiger partial charge in [-0.1, -0.05) is 13.8 Å². The minimum absolute atomic E-state index is 0.0625. The van der Waals surface area contributed by atoms with Crippen LogP contribution in [0.3, 0.4) is 0 Å². The molecule has 0 aromatic carbocycles. The molecule has 1 heterocycles. The molecule has 16 heavy (non-hydrogen) atoms. The monoisotopic (exact) mass is 227 g/mol. The molecule has 0 radical (unpaired) electrons. The Labute approximate surface area is 98.9 Å². The summed E-state index contributed by atoms with van der Waals surface area (Å²) in [6, 6.07) is 0. The van der Waals surface area contributed by atoms with E-state index < -0.39 is 0 Å². The normalized spacial score (nSPS) is 25.2. The molecule has 0 saturated carbocycles. The van der Waals surface area contributed by atoms with E-state index in [-0.39, 0.29) is 17.0 Å². The summed E-state index contributed by atoms with van der Waals surface area (Å²) in [6.45, 7) is 12.2. The Kier molecular flexibility index (Phi) is 4.00. The van der Waals surface area contributed by atoms with Crippen LogP contribution in [-0.2, 0) is 9.53 Å². The maximum absolute atomic E-state index is 11.8. The van der Waals surface area contributed by atoms with Crippen molar-refractivity contribution in [2.75, 3.05) is 13.1 Å². The second-order valence-electron chi connectivity index (χ2n) is 6.44. The smallest absolute Gasteiger partial charge is 0.306 e. The van der Waals surface area contributed by atoms with Gasteiger partial charge >= 0.3 is 5.97 Å². The van der Waals surface area contributed by atoms with E-state index in [2.05, 4.69) is 19.2 Å². The molecule has 1 aliphatic rings. The van der Waals surface area contributed by atoms with E-state index >= 15 is 0 Å². The van der Waals surface area contributed by atoms with Gasteiger partial charge in [0.1, 0.15) is 5.60 Å². The molecule has 1 unspecified atom stereocenters. The number of carbonyl (C=O) groups is 1. The van der Waals surface area contributed by atoms with Crippen molar-refractivity contribution in [3.05, 3.63) is 0 Å². The van der Waals surface area contributed by atoms with Crippen LogP contribution in [0.4, 0.5) is 0 Å². The molecule has 0 aliphatic carbocycles. The van der Waals surface area contributed by atoms with Gasteiger partial charge in [-0.25, -0.2) is 0 Å². The maximum Gasteiger partial charge on any atom is 0.306 e. The van der Waals surface area contributed by atoms with Crippen molar-refractivity contribution in [2.45, 2.75) is 53.1 Å². The van der Waals surface area contributed by atoms with E-state index in [1.54, 1.807) is 0 Å². The lowest BCUT2D eigenvalue weighted by Crippen LogP contribution is -2.44. The number of rotatable bonds is 2. The number of hydrogen-bond acceptors (Lipinski definition) is 3. The van der Waals surface area contributed by atoms with Gasteiger partial charge in [-0.15, -0.1) is 0 Å². The summed E-state index contributed by atoms with van der Waals surface area (Å²) in [5, 5.41) is 3.37. The number of ether oxygens (including phenoxy) is 1. The highest BCUT2D eigenvalue weighted by molar-refractivity contribution is 5.70. The number of nitrogens with one attached hydrogen (secondary N) is 1. The zero-order valence-electron chi connectivity index (χ0n) is 11.2. The first-order chi connectivity index (χ1) is 7.21. The molecule has 0 spiro atoms. The van der Waals surface area contributed by atoms with Crippen LogP contribution in [0.1, 0.15) is 47.5 Å². The van der Waals surface area contributed by atoms with Crippen LogP contribution in [0.2, 0.25) is 0 Å². The molecule has 1 rings (SSSR count). The highest BCUT2D eigenvalue weighted by Gasteiger charge is 2.34. The quantitative estimate of drug-likeness (QED) is 0.736. The van der Waals surface area contributed by atoms with Crippen molar-refractivity contribution in [3.63, 3.8) is 0 Å². The van der Waals surface area contributed by atoms with E-state index in [1.807, 2.05) is 20.8 Å². The average Bonchev–Trinajstić information content (AvgIpc) is 2.05. The minimum Gasteiger partial charge on any atom is -0.460 e. The molecule has 0 amide bonds. The number of esters is 1. The summed E-state index contributed by atoms with van der Waals surface area (Å²) >= 11 is 0. The van der Waals surface area contributed by atoms with Gasteiger partial charge in [0.05, 0.1) is 0 Å². The fourth-order valence-corrected chi connectivity index (χ4v) is 2.18. The molecule has 0 aromatic rings. The molecule has 3 nitrogen and oxygen atoms in total. The predicted molar refractivity (Wildman–Crippen MR) is 65.2 cm³/mol. The third-order valence-electron chi connectivity index (χ3n) is 3.19. The Morgan fingerprint density at radius 2 is 2.06 bits per heavy atom. The molecular weight excluding hydrogens is 202 g/mol. The van der Waals surface area contributed by atoms with Crippen LogP contribution in [0.15, 0.2) is 0 Å². The van der Waals surface area contributed by atoms with Gasteiger partial charge in [-0.2, -0.15) is 0 Å². The first kappa shape index (κ1) is 13.5. The maximum atomic E-state index is 11.8. The van der Waals surface area contributed by atoms with Crippen molar-refractivity contribution >= 4 is 5.97 Å². The predicted octanol–water partition coefficient (Wildman–Crippen LogP) is 2.35. The van der Waals surface area contributed by atoms with Crippen LogP contribution in [-0.4, -0.2) is 24.7 Å². The van der Waals surface area contributed by atoms with E-state index in [0.29, 0.717) is 12.3 Å². The Morgan fingerprint density at radius 3 is 2.56 bits per heavy atom. The Morgan fingerprint density at radius 1 is 1.44 bits per heavy atom. The second-order valence-corrected chi connectivity index (χ2v) is 6.44. The molecule has 94 valence electrons. The molecule has 0 bridgehead atoms. The lowest BCUT2D eigenvalue weighted by Gasteiger charge is -2.39. The molecule has 0 aromatic heterocycles. The second kappa shape index (κ2) is 4.74. The molecule has 1 aliphatic heterocycles. The van der Waals surface area contributed by atoms with Crippen LogP contribution in [0, 0.1) is 11.3 Å². The molecule has 1 atom stereocenters. The van der Waals surface area contributed by atoms with Crippen LogP contribution < -0.4 is 5.32 Å². The fourth-order valence-electron chi connectivity index (χ4n) is 2.18. The Hall–Kier alpha value is -0.570. The highest BCUT2D eigenvalue weighted by atomic mass is 16.6. The van der Waals surface area contributed by atoms with E-state index in [0.717, 1.165) is 19.5 Å². The zero-order valence-corrected chi connectivity index (χ0v) is 11.2. The number of piperidine rings is 1. The summed E-state index contributed by atoms with van der Waals surface area (Å²) in [6.07, 6.45) is 1.61. The van der Waals surface area contributed by atoms with Gasteiger partial charge in [0.25, 0.3) is 0 Å². The van der Waals surface area contributed by atoms with Crippen molar-refractivity contribution in [1.82, 2.24) is 5.32 Å². The SMILES string of the molecule is CC(C)(C)OC(=O)CC1CCNCC1(C)C. The van der Waals surface area contributed by atoms with Crippen LogP contribution in [0.25, 0.3) is 0 Å². The fraction of sp³-hybridized carbons (Fsp3) is 0.923. The van der Waals surface area contributed by atoms with E-state index in [9.17, 15) is 4.79 Å². The van der Waals surface area contributed by atoms with Crippen LogP contribution in [0.5, 0.6) is 0 Å². The van der Waals surface area contributed by atoms with Crippen molar-refractivity contribution < 1.29 is 9.53 Å². The first-order valence-electron chi connectivity index (χ1n) is 6.13. The third-order valence-corrected chi connectivity index (χ3v) is 3.19. The number of carbonyl (C=O) groups excluding carboxylic acids is 1. The average molecular weight is 227 g/mol. The third kappa shape index (κ3) is 4.12. The summed E-state index contributed by atoms with van der Waals surface area (Å²) in [5.74, 6) is 0.371.